The van der Waals surface area contributed by atoms with Crippen LogP contribution in [0.15, 0.2) is 78.1 Å². The number of carbonyl (C=O) groups is 1. The number of halogens is 1. The van der Waals surface area contributed by atoms with E-state index >= 15 is 0 Å². The van der Waals surface area contributed by atoms with Crippen LogP contribution in [0.3, 0.4) is 0 Å². The van der Waals surface area contributed by atoms with Crippen LogP contribution in [0.4, 0.5) is 4.39 Å². The second kappa shape index (κ2) is 10.2. The minimum atomic E-state index is -0.305. The summed E-state index contributed by atoms with van der Waals surface area (Å²) in [6.45, 7) is 2.45. The van der Waals surface area contributed by atoms with E-state index in [1.54, 1.807) is 48.3 Å². The third-order valence-corrected chi connectivity index (χ3v) is 5.91. The summed E-state index contributed by atoms with van der Waals surface area (Å²) in [7, 11) is 0. The molecule has 0 bridgehead atoms. The number of aryl methyl sites for hydroxylation is 1. The summed E-state index contributed by atoms with van der Waals surface area (Å²) in [6, 6.07) is 19.6. The molecule has 0 atom stereocenters. The van der Waals surface area contributed by atoms with E-state index in [2.05, 4.69) is 39.6 Å². The number of nitrogens with one attached hydrogen (secondary N) is 1. The summed E-state index contributed by atoms with van der Waals surface area (Å²) in [5, 5.41) is 12.3. The molecule has 0 aliphatic rings. The number of pyridine rings is 1. The zero-order valence-electron chi connectivity index (χ0n) is 17.5. The van der Waals surface area contributed by atoms with Gasteiger partial charge in [-0.2, -0.15) is 0 Å². The van der Waals surface area contributed by atoms with Crippen molar-refractivity contribution >= 4 is 17.7 Å². The maximum atomic E-state index is 13.5. The molecule has 2 heterocycles. The average Bonchev–Trinajstić information content (AvgIpc) is 3.22. The topological polar surface area (TPSA) is 72.7 Å². The summed E-state index contributed by atoms with van der Waals surface area (Å²) in [5.41, 5.74) is 3.57. The van der Waals surface area contributed by atoms with Crippen molar-refractivity contribution < 1.29 is 9.18 Å². The minimum absolute atomic E-state index is 0.243. The Morgan fingerprint density at radius 2 is 1.81 bits per heavy atom. The molecular formula is C24H22FN5OS. The van der Waals surface area contributed by atoms with Gasteiger partial charge in [-0.3, -0.25) is 14.3 Å². The number of thioether (sulfide) groups is 1. The third kappa shape index (κ3) is 5.20. The van der Waals surface area contributed by atoms with Crippen molar-refractivity contribution in [2.45, 2.75) is 24.3 Å². The van der Waals surface area contributed by atoms with Crippen molar-refractivity contribution in [3.05, 3.63) is 101 Å². The van der Waals surface area contributed by atoms with Crippen LogP contribution in [0.2, 0.25) is 0 Å². The lowest BCUT2D eigenvalue weighted by atomic mass is 10.1. The predicted octanol–water partition coefficient (Wildman–Crippen LogP) is 4.37. The van der Waals surface area contributed by atoms with Gasteiger partial charge < -0.3 is 5.32 Å². The zero-order chi connectivity index (χ0) is 22.3. The number of aromatic nitrogens is 4. The van der Waals surface area contributed by atoms with Crippen molar-refractivity contribution in [3.8, 4) is 5.69 Å². The molecule has 0 aliphatic heterocycles. The van der Waals surface area contributed by atoms with Crippen molar-refractivity contribution in [2.75, 3.05) is 6.54 Å². The van der Waals surface area contributed by atoms with Crippen molar-refractivity contribution in [1.29, 1.82) is 0 Å². The largest absolute Gasteiger partial charge is 0.350 e. The van der Waals surface area contributed by atoms with Gasteiger partial charge in [-0.05, 0) is 54.4 Å². The van der Waals surface area contributed by atoms with Crippen LogP contribution in [0.25, 0.3) is 5.69 Å². The molecule has 1 amide bonds. The van der Waals surface area contributed by atoms with Crippen LogP contribution in [-0.4, -0.2) is 32.2 Å². The zero-order valence-corrected chi connectivity index (χ0v) is 18.3. The van der Waals surface area contributed by atoms with E-state index in [1.165, 1.54) is 23.3 Å². The lowest BCUT2D eigenvalue weighted by Gasteiger charge is -2.11. The fourth-order valence-corrected chi connectivity index (χ4v) is 4.24. The Hall–Kier alpha value is -3.52. The van der Waals surface area contributed by atoms with Gasteiger partial charge in [0.2, 0.25) is 0 Å². The lowest BCUT2D eigenvalue weighted by molar-refractivity contribution is 0.0949. The van der Waals surface area contributed by atoms with E-state index < -0.39 is 0 Å². The summed E-state index contributed by atoms with van der Waals surface area (Å²) >= 11 is 1.57. The molecule has 0 saturated carbocycles. The highest BCUT2D eigenvalue weighted by Gasteiger charge is 2.16. The summed E-state index contributed by atoms with van der Waals surface area (Å²) in [4.78, 5) is 16.3. The Kier molecular flexibility index (Phi) is 6.91. The highest BCUT2D eigenvalue weighted by atomic mass is 32.2. The monoisotopic (exact) mass is 447 g/mol. The molecule has 0 fully saturated rings. The molecule has 4 aromatic rings. The van der Waals surface area contributed by atoms with Gasteiger partial charge in [-0.25, -0.2) is 4.39 Å². The average molecular weight is 448 g/mol. The van der Waals surface area contributed by atoms with Crippen LogP contribution >= 0.6 is 11.8 Å². The second-order valence-corrected chi connectivity index (χ2v) is 8.09. The molecule has 162 valence electrons. The van der Waals surface area contributed by atoms with Crippen molar-refractivity contribution in [3.63, 3.8) is 0 Å². The molecule has 0 spiro atoms. The molecule has 1 N–H and O–H groups in total. The Morgan fingerprint density at radius 1 is 1.03 bits per heavy atom. The van der Waals surface area contributed by atoms with E-state index in [0.717, 1.165) is 11.4 Å². The molecule has 0 saturated heterocycles. The molecule has 0 unspecified atom stereocenters. The van der Waals surface area contributed by atoms with Gasteiger partial charge in [0.05, 0.1) is 0 Å². The first-order valence-electron chi connectivity index (χ1n) is 10.2. The maximum absolute atomic E-state index is 13.5. The van der Waals surface area contributed by atoms with E-state index in [4.69, 9.17) is 0 Å². The molecule has 32 heavy (non-hydrogen) atoms. The normalized spacial score (nSPS) is 10.8. The first-order valence-corrected chi connectivity index (χ1v) is 11.2. The standard InChI is InChI=1S/C24H22FN5OS/c1-17-6-2-3-7-18(17)16-32-24-29-28-22(30(24)20-11-9-19(25)10-12-20)13-15-27-23(31)21-8-4-5-14-26-21/h2-12,14H,13,15-16H2,1H3,(H,27,31). The number of nitrogens with zero attached hydrogens (tertiary/aromatic N) is 4. The molecule has 2 aromatic carbocycles. The Bertz CT molecular complexity index is 1190. The maximum Gasteiger partial charge on any atom is 0.269 e. The van der Waals surface area contributed by atoms with Crippen LogP contribution in [0.1, 0.15) is 27.4 Å². The molecule has 8 heteroatoms. The summed E-state index contributed by atoms with van der Waals surface area (Å²) in [5.74, 6) is 0.875. The fraction of sp³-hybridized carbons (Fsp3) is 0.167. The molecule has 4 rings (SSSR count). The van der Waals surface area contributed by atoms with Gasteiger partial charge in [0.25, 0.3) is 5.91 Å². The number of rotatable bonds is 8. The van der Waals surface area contributed by atoms with Crippen LogP contribution in [-0.2, 0) is 12.2 Å². The van der Waals surface area contributed by atoms with Crippen molar-refractivity contribution in [2.24, 2.45) is 0 Å². The van der Waals surface area contributed by atoms with E-state index in [-0.39, 0.29) is 11.7 Å². The van der Waals surface area contributed by atoms with E-state index in [9.17, 15) is 9.18 Å². The number of hydrogen-bond donors (Lipinski definition) is 1. The number of hydrogen-bond acceptors (Lipinski definition) is 5. The number of amides is 1. The Labute approximate surface area is 189 Å². The van der Waals surface area contributed by atoms with Crippen molar-refractivity contribution in [1.82, 2.24) is 25.1 Å². The SMILES string of the molecule is Cc1ccccc1CSc1nnc(CCNC(=O)c2ccccn2)n1-c1ccc(F)cc1. The highest BCUT2D eigenvalue weighted by Crippen LogP contribution is 2.26. The van der Waals surface area contributed by atoms with Crippen LogP contribution in [0.5, 0.6) is 0 Å². The molecule has 2 aromatic heterocycles. The first kappa shape index (κ1) is 21.7. The fourth-order valence-electron chi connectivity index (χ4n) is 3.19. The van der Waals surface area contributed by atoms with E-state index in [1.807, 2.05) is 16.7 Å². The second-order valence-electron chi connectivity index (χ2n) is 7.15. The minimum Gasteiger partial charge on any atom is -0.350 e. The highest BCUT2D eigenvalue weighted by molar-refractivity contribution is 7.98. The molecule has 6 nitrogen and oxygen atoms in total. The third-order valence-electron chi connectivity index (χ3n) is 4.93. The lowest BCUT2D eigenvalue weighted by Crippen LogP contribution is -2.27. The number of carbonyl (C=O) groups excluding carboxylic acids is 1. The van der Waals surface area contributed by atoms with Gasteiger partial charge in [0, 0.05) is 30.6 Å². The molecular weight excluding hydrogens is 425 g/mol. The smallest absolute Gasteiger partial charge is 0.269 e. The molecule has 0 radical (unpaired) electrons. The Balaban J connectivity index is 1.52. The summed E-state index contributed by atoms with van der Waals surface area (Å²) < 4.78 is 15.4. The van der Waals surface area contributed by atoms with Gasteiger partial charge in [-0.1, -0.05) is 42.1 Å². The summed E-state index contributed by atoms with van der Waals surface area (Å²) in [6.07, 6.45) is 2.05. The number of benzene rings is 2. The Morgan fingerprint density at radius 3 is 2.56 bits per heavy atom. The quantitative estimate of drug-likeness (QED) is 0.406. The van der Waals surface area contributed by atoms with E-state index in [0.29, 0.717) is 29.6 Å². The predicted molar refractivity (Wildman–Crippen MR) is 122 cm³/mol. The first-order chi connectivity index (χ1) is 15.6. The van der Waals surface area contributed by atoms with Gasteiger partial charge in [0.15, 0.2) is 5.16 Å². The van der Waals surface area contributed by atoms with Gasteiger partial charge in [0.1, 0.15) is 17.3 Å². The van der Waals surface area contributed by atoms with Gasteiger partial charge >= 0.3 is 0 Å². The van der Waals surface area contributed by atoms with Crippen LogP contribution < -0.4 is 5.32 Å². The molecule has 0 aliphatic carbocycles. The van der Waals surface area contributed by atoms with Crippen LogP contribution in [0, 0.1) is 12.7 Å². The van der Waals surface area contributed by atoms with Gasteiger partial charge in [-0.15, -0.1) is 10.2 Å².